The molecule has 0 bridgehead atoms. The smallest absolute Gasteiger partial charge is 0.348 e. The molecule has 1 heterocycles. The van der Waals surface area contributed by atoms with Crippen molar-refractivity contribution in [3.63, 3.8) is 0 Å². The summed E-state index contributed by atoms with van der Waals surface area (Å²) in [7, 11) is 0. The number of pyridine rings is 1. The summed E-state index contributed by atoms with van der Waals surface area (Å²) in [6.07, 6.45) is -3.49. The number of nitrogens with zero attached hydrogens (tertiary/aromatic N) is 1. The van der Waals surface area contributed by atoms with Crippen molar-refractivity contribution in [2.24, 2.45) is 0 Å². The molecular weight excluding hydrogens is 440 g/mol. The number of carbonyl (C=O) groups excluding carboxylic acids is 2. The fourth-order valence-electron chi connectivity index (χ4n) is 3.84. The van der Waals surface area contributed by atoms with Gasteiger partial charge in [0.25, 0.3) is 11.5 Å². The highest BCUT2D eigenvalue weighted by Crippen LogP contribution is 2.30. The first kappa shape index (κ1) is 22.4. The Balaban J connectivity index is 1.77. The van der Waals surface area contributed by atoms with Crippen LogP contribution in [0.1, 0.15) is 50.4 Å². The molecule has 0 aliphatic heterocycles. The molecule has 0 fully saturated rings. The zero-order valence-corrected chi connectivity index (χ0v) is 17.2. The van der Waals surface area contributed by atoms with Crippen molar-refractivity contribution in [2.45, 2.75) is 32.0 Å². The standard InChI is InChI=1S/C24H18F4N2O3/c25-19-5-2-1-4-14(19)13-29-22(32)18-12-17-20(6-3-7-21(17)31)30(23(18)33)16-10-8-15(9-11-16)24(26,27)28/h1-2,4-5,8-12H,3,6-7,13H2,(H,29,32). The van der Waals surface area contributed by atoms with Gasteiger partial charge in [-0.05, 0) is 49.2 Å². The molecule has 1 N–H and O–H groups in total. The average molecular weight is 458 g/mol. The van der Waals surface area contributed by atoms with Crippen LogP contribution in [0.2, 0.25) is 0 Å². The predicted molar refractivity (Wildman–Crippen MR) is 112 cm³/mol. The number of benzene rings is 2. The second kappa shape index (κ2) is 8.65. The van der Waals surface area contributed by atoms with Crippen LogP contribution in [0, 0.1) is 5.82 Å². The topological polar surface area (TPSA) is 68.2 Å². The molecule has 0 radical (unpaired) electrons. The van der Waals surface area contributed by atoms with Crippen molar-refractivity contribution >= 4 is 11.7 Å². The summed E-state index contributed by atoms with van der Waals surface area (Å²) in [6.45, 7) is -0.184. The molecular formula is C24H18F4N2O3. The van der Waals surface area contributed by atoms with Crippen LogP contribution in [0.4, 0.5) is 17.6 Å². The van der Waals surface area contributed by atoms with Gasteiger partial charge in [0.1, 0.15) is 11.4 Å². The molecule has 170 valence electrons. The molecule has 0 atom stereocenters. The number of Topliss-reactive ketones (excluding diaryl/α,β-unsaturated/α-hetero) is 1. The molecule has 5 nitrogen and oxygen atoms in total. The Hall–Kier alpha value is -3.75. The molecule has 1 aliphatic rings. The zero-order chi connectivity index (χ0) is 23.8. The first-order chi connectivity index (χ1) is 15.7. The van der Waals surface area contributed by atoms with Crippen molar-refractivity contribution in [1.29, 1.82) is 0 Å². The van der Waals surface area contributed by atoms with Crippen LogP contribution in [-0.2, 0) is 19.1 Å². The van der Waals surface area contributed by atoms with E-state index in [1.165, 1.54) is 24.3 Å². The lowest BCUT2D eigenvalue weighted by Gasteiger charge is -2.22. The number of rotatable bonds is 4. The molecule has 3 aromatic rings. The van der Waals surface area contributed by atoms with Gasteiger partial charge in [-0.1, -0.05) is 18.2 Å². The maximum Gasteiger partial charge on any atom is 0.416 e. The largest absolute Gasteiger partial charge is 0.416 e. The van der Waals surface area contributed by atoms with Crippen LogP contribution in [0.25, 0.3) is 5.69 Å². The first-order valence-electron chi connectivity index (χ1n) is 10.2. The zero-order valence-electron chi connectivity index (χ0n) is 17.2. The number of fused-ring (bicyclic) bond motifs is 1. The average Bonchev–Trinajstić information content (AvgIpc) is 2.78. The number of hydrogen-bond acceptors (Lipinski definition) is 3. The van der Waals surface area contributed by atoms with Gasteiger partial charge in [0.2, 0.25) is 0 Å². The lowest BCUT2D eigenvalue weighted by Crippen LogP contribution is -2.36. The molecule has 1 amide bonds. The molecule has 2 aromatic carbocycles. The summed E-state index contributed by atoms with van der Waals surface area (Å²) < 4.78 is 53.8. The summed E-state index contributed by atoms with van der Waals surface area (Å²) in [5.41, 5.74) is -1.15. The summed E-state index contributed by atoms with van der Waals surface area (Å²) in [4.78, 5) is 38.6. The van der Waals surface area contributed by atoms with Gasteiger partial charge in [-0.15, -0.1) is 0 Å². The Morgan fingerprint density at radius 2 is 1.70 bits per heavy atom. The van der Waals surface area contributed by atoms with Crippen molar-refractivity contribution in [3.8, 4) is 5.69 Å². The SMILES string of the molecule is O=C1CCCc2c1cc(C(=O)NCc1ccccc1F)c(=O)n2-c1ccc(C(F)(F)F)cc1. The summed E-state index contributed by atoms with van der Waals surface area (Å²) >= 11 is 0. The summed E-state index contributed by atoms with van der Waals surface area (Å²) in [5.74, 6) is -1.61. The summed E-state index contributed by atoms with van der Waals surface area (Å²) in [6, 6.07) is 11.0. The van der Waals surface area contributed by atoms with E-state index in [1.54, 1.807) is 6.07 Å². The number of nitrogens with one attached hydrogen (secondary N) is 1. The monoisotopic (exact) mass is 458 g/mol. The van der Waals surface area contributed by atoms with Crippen molar-refractivity contribution in [2.75, 3.05) is 0 Å². The first-order valence-corrected chi connectivity index (χ1v) is 10.2. The van der Waals surface area contributed by atoms with Crippen LogP contribution in [-0.4, -0.2) is 16.3 Å². The van der Waals surface area contributed by atoms with Gasteiger partial charge in [-0.2, -0.15) is 13.2 Å². The molecule has 4 rings (SSSR count). The number of halogens is 4. The van der Waals surface area contributed by atoms with Crippen molar-refractivity contribution in [1.82, 2.24) is 9.88 Å². The highest BCUT2D eigenvalue weighted by Gasteiger charge is 2.31. The molecule has 1 aliphatic carbocycles. The van der Waals surface area contributed by atoms with E-state index >= 15 is 0 Å². The Kier molecular flexibility index (Phi) is 5.88. The number of aromatic nitrogens is 1. The van der Waals surface area contributed by atoms with E-state index < -0.39 is 29.0 Å². The van der Waals surface area contributed by atoms with Gasteiger partial charge in [0.15, 0.2) is 5.78 Å². The van der Waals surface area contributed by atoms with E-state index in [1.807, 2.05) is 0 Å². The third-order valence-corrected chi connectivity index (χ3v) is 5.52. The molecule has 0 unspecified atom stereocenters. The summed E-state index contributed by atoms with van der Waals surface area (Å²) in [5, 5.41) is 2.47. The van der Waals surface area contributed by atoms with Crippen LogP contribution in [0.3, 0.4) is 0 Å². The fraction of sp³-hybridized carbons (Fsp3) is 0.208. The maximum atomic E-state index is 13.9. The van der Waals surface area contributed by atoms with Crippen LogP contribution in [0.15, 0.2) is 59.4 Å². The normalized spacial score (nSPS) is 13.5. The minimum atomic E-state index is -4.55. The maximum absolute atomic E-state index is 13.9. The van der Waals surface area contributed by atoms with E-state index in [0.29, 0.717) is 18.5 Å². The highest BCUT2D eigenvalue weighted by atomic mass is 19.4. The Bertz CT molecular complexity index is 1290. The van der Waals surface area contributed by atoms with Crippen LogP contribution < -0.4 is 10.9 Å². The number of carbonyl (C=O) groups is 2. The minimum absolute atomic E-state index is 0.114. The van der Waals surface area contributed by atoms with E-state index in [4.69, 9.17) is 0 Å². The van der Waals surface area contributed by atoms with Gasteiger partial charge in [-0.25, -0.2) is 4.39 Å². The van der Waals surface area contributed by atoms with E-state index in [-0.39, 0.29) is 41.1 Å². The Morgan fingerprint density at radius 3 is 2.36 bits per heavy atom. The van der Waals surface area contributed by atoms with Gasteiger partial charge in [-0.3, -0.25) is 19.0 Å². The molecule has 33 heavy (non-hydrogen) atoms. The van der Waals surface area contributed by atoms with Crippen molar-refractivity contribution < 1.29 is 27.2 Å². The number of ketones is 1. The van der Waals surface area contributed by atoms with Gasteiger partial charge in [0, 0.05) is 35.5 Å². The second-order valence-electron chi connectivity index (χ2n) is 7.65. The van der Waals surface area contributed by atoms with E-state index in [0.717, 1.165) is 28.8 Å². The fourth-order valence-corrected chi connectivity index (χ4v) is 3.84. The van der Waals surface area contributed by atoms with Gasteiger partial charge < -0.3 is 5.32 Å². The Morgan fingerprint density at radius 1 is 1.00 bits per heavy atom. The van der Waals surface area contributed by atoms with Crippen molar-refractivity contribution in [3.05, 3.63) is 98.7 Å². The van der Waals surface area contributed by atoms with Crippen LogP contribution in [0.5, 0.6) is 0 Å². The van der Waals surface area contributed by atoms with E-state index in [9.17, 15) is 31.9 Å². The Labute approximate surface area is 185 Å². The number of amides is 1. The van der Waals surface area contributed by atoms with Gasteiger partial charge in [0.05, 0.1) is 5.56 Å². The third-order valence-electron chi connectivity index (χ3n) is 5.52. The number of hydrogen-bond donors (Lipinski definition) is 1. The number of alkyl halides is 3. The quantitative estimate of drug-likeness (QED) is 0.588. The molecule has 9 heteroatoms. The van der Waals surface area contributed by atoms with Gasteiger partial charge >= 0.3 is 6.18 Å². The predicted octanol–water partition coefficient (Wildman–Crippen LogP) is 4.44. The van der Waals surface area contributed by atoms with E-state index in [2.05, 4.69) is 5.32 Å². The highest BCUT2D eigenvalue weighted by molar-refractivity contribution is 6.01. The lowest BCUT2D eigenvalue weighted by atomic mass is 9.92. The molecule has 0 spiro atoms. The molecule has 0 saturated heterocycles. The lowest BCUT2D eigenvalue weighted by molar-refractivity contribution is -0.137. The minimum Gasteiger partial charge on any atom is -0.348 e. The molecule has 1 aromatic heterocycles. The molecule has 0 saturated carbocycles. The van der Waals surface area contributed by atoms with Crippen LogP contribution >= 0.6 is 0 Å². The third kappa shape index (κ3) is 4.44. The second-order valence-corrected chi connectivity index (χ2v) is 7.65.